The van der Waals surface area contributed by atoms with Gasteiger partial charge < -0.3 is 14.6 Å². The second-order valence-electron chi connectivity index (χ2n) is 14.1. The number of hydrogen-bond donors (Lipinski definition) is 1. The Morgan fingerprint density at radius 2 is 1.09 bits per heavy atom. The summed E-state index contributed by atoms with van der Waals surface area (Å²) in [6.45, 7) is 15.2. The standard InChI is InChI=1S/C37H64O5S/c1-8-9-10-11-12-13-14-15-16-17-18-19-20-21-22-23-32(39)41-26-28-43-29-27-42-35(40)30-24-25-31(38)34(37(5,6)7)33(30)36(2,3)4/h24-25,38H,8-23,26-29H2,1-7H3. The minimum atomic E-state index is -0.369. The van der Waals surface area contributed by atoms with E-state index >= 15 is 0 Å². The number of phenolic OH excluding ortho intramolecular Hbond substituents is 1. The Labute approximate surface area is 268 Å². The van der Waals surface area contributed by atoms with Crippen LogP contribution in [-0.2, 0) is 25.1 Å². The number of carbonyl (C=O) groups is 2. The average Bonchev–Trinajstić information content (AvgIpc) is 2.93. The van der Waals surface area contributed by atoms with Crippen LogP contribution in [0.1, 0.15) is 173 Å². The van der Waals surface area contributed by atoms with Gasteiger partial charge in [-0.1, -0.05) is 138 Å². The summed E-state index contributed by atoms with van der Waals surface area (Å²) < 4.78 is 11.0. The number of phenols is 1. The zero-order valence-electron chi connectivity index (χ0n) is 28.8. The van der Waals surface area contributed by atoms with Crippen molar-refractivity contribution >= 4 is 23.7 Å². The number of unbranched alkanes of at least 4 members (excludes halogenated alkanes) is 14. The molecule has 0 aliphatic heterocycles. The van der Waals surface area contributed by atoms with Gasteiger partial charge in [-0.05, 0) is 34.9 Å². The van der Waals surface area contributed by atoms with Gasteiger partial charge in [0.1, 0.15) is 19.0 Å². The Kier molecular flexibility index (Phi) is 20.0. The first kappa shape index (κ1) is 39.3. The number of thioether (sulfide) groups is 1. The normalized spacial score (nSPS) is 12.0. The molecule has 43 heavy (non-hydrogen) atoms. The van der Waals surface area contributed by atoms with Crippen LogP contribution in [0.15, 0.2) is 12.1 Å². The van der Waals surface area contributed by atoms with E-state index in [1.54, 1.807) is 23.9 Å². The third-order valence-corrected chi connectivity index (χ3v) is 8.75. The Balaban J connectivity index is 2.10. The fourth-order valence-corrected chi connectivity index (χ4v) is 6.21. The first-order valence-electron chi connectivity index (χ1n) is 17.2. The van der Waals surface area contributed by atoms with Crippen LogP contribution in [-0.4, -0.2) is 41.8 Å². The van der Waals surface area contributed by atoms with E-state index in [1.165, 1.54) is 83.5 Å². The Morgan fingerprint density at radius 1 is 0.651 bits per heavy atom. The molecule has 0 saturated carbocycles. The highest BCUT2D eigenvalue weighted by Gasteiger charge is 2.32. The second-order valence-corrected chi connectivity index (χ2v) is 15.3. The van der Waals surface area contributed by atoms with Crippen LogP contribution in [0, 0.1) is 0 Å². The molecule has 0 aromatic heterocycles. The number of benzene rings is 1. The van der Waals surface area contributed by atoms with E-state index in [1.807, 2.05) is 41.5 Å². The summed E-state index contributed by atoms with van der Waals surface area (Å²) in [4.78, 5) is 25.0. The number of aromatic hydroxyl groups is 1. The van der Waals surface area contributed by atoms with E-state index in [2.05, 4.69) is 6.92 Å². The topological polar surface area (TPSA) is 72.8 Å². The van der Waals surface area contributed by atoms with Crippen LogP contribution in [0.3, 0.4) is 0 Å². The molecular formula is C37H64O5S. The fraction of sp³-hybridized carbons (Fsp3) is 0.784. The molecule has 0 heterocycles. The van der Waals surface area contributed by atoms with Gasteiger partial charge >= 0.3 is 11.9 Å². The lowest BCUT2D eigenvalue weighted by molar-refractivity contribution is -0.143. The summed E-state index contributed by atoms with van der Waals surface area (Å²) in [6.07, 6.45) is 20.2. The molecule has 1 aromatic carbocycles. The van der Waals surface area contributed by atoms with Crippen molar-refractivity contribution in [3.05, 3.63) is 28.8 Å². The number of ether oxygens (including phenoxy) is 2. The highest BCUT2D eigenvalue weighted by atomic mass is 32.2. The van der Waals surface area contributed by atoms with Crippen molar-refractivity contribution in [2.45, 2.75) is 162 Å². The smallest absolute Gasteiger partial charge is 0.338 e. The maximum atomic E-state index is 13.0. The van der Waals surface area contributed by atoms with Gasteiger partial charge in [0.2, 0.25) is 0 Å². The molecule has 0 amide bonds. The number of esters is 2. The molecule has 0 aliphatic rings. The van der Waals surface area contributed by atoms with Gasteiger partial charge in [-0.15, -0.1) is 0 Å². The Morgan fingerprint density at radius 3 is 1.56 bits per heavy atom. The zero-order valence-corrected chi connectivity index (χ0v) is 29.6. The van der Waals surface area contributed by atoms with Crippen LogP contribution < -0.4 is 0 Å². The Hall–Kier alpha value is -1.69. The van der Waals surface area contributed by atoms with Crippen molar-refractivity contribution < 1.29 is 24.2 Å². The molecule has 0 saturated heterocycles. The van der Waals surface area contributed by atoms with Crippen molar-refractivity contribution in [3.8, 4) is 5.75 Å². The zero-order chi connectivity index (χ0) is 32.1. The van der Waals surface area contributed by atoms with Gasteiger partial charge in [0.15, 0.2) is 0 Å². The number of carbonyl (C=O) groups excluding carboxylic acids is 2. The van der Waals surface area contributed by atoms with Crippen molar-refractivity contribution in [3.63, 3.8) is 0 Å². The molecule has 1 N–H and O–H groups in total. The van der Waals surface area contributed by atoms with E-state index in [-0.39, 0.29) is 35.1 Å². The molecule has 0 radical (unpaired) electrons. The minimum absolute atomic E-state index is 0.113. The molecule has 0 fully saturated rings. The molecule has 0 unspecified atom stereocenters. The summed E-state index contributed by atoms with van der Waals surface area (Å²) in [5.74, 6) is 1.04. The lowest BCUT2D eigenvalue weighted by atomic mass is 9.72. The van der Waals surface area contributed by atoms with Crippen molar-refractivity contribution in [2.75, 3.05) is 24.7 Å². The van der Waals surface area contributed by atoms with Gasteiger partial charge in [-0.3, -0.25) is 4.79 Å². The lowest BCUT2D eigenvalue weighted by Gasteiger charge is -2.32. The van der Waals surface area contributed by atoms with E-state index in [4.69, 9.17) is 9.47 Å². The molecule has 248 valence electrons. The van der Waals surface area contributed by atoms with Gasteiger partial charge in [0.05, 0.1) is 5.56 Å². The van der Waals surface area contributed by atoms with E-state index in [9.17, 15) is 14.7 Å². The average molecular weight is 621 g/mol. The summed E-state index contributed by atoms with van der Waals surface area (Å²) in [5.41, 5.74) is 1.48. The Bertz CT molecular complexity index is 913. The van der Waals surface area contributed by atoms with Crippen LogP contribution in [0.25, 0.3) is 0 Å². The highest BCUT2D eigenvalue weighted by Crippen LogP contribution is 2.41. The lowest BCUT2D eigenvalue weighted by Crippen LogP contribution is -2.26. The van der Waals surface area contributed by atoms with Crippen LogP contribution in [0.5, 0.6) is 5.75 Å². The molecule has 0 aliphatic carbocycles. The van der Waals surface area contributed by atoms with Crippen LogP contribution in [0.4, 0.5) is 0 Å². The summed E-state index contributed by atoms with van der Waals surface area (Å²) in [5, 5.41) is 10.6. The summed E-state index contributed by atoms with van der Waals surface area (Å²) in [6, 6.07) is 3.26. The fourth-order valence-electron chi connectivity index (χ4n) is 5.60. The van der Waals surface area contributed by atoms with E-state index in [0.29, 0.717) is 30.1 Å². The highest BCUT2D eigenvalue weighted by molar-refractivity contribution is 7.99. The first-order chi connectivity index (χ1) is 20.4. The number of rotatable bonds is 23. The second kappa shape index (κ2) is 21.9. The molecular weight excluding hydrogens is 556 g/mol. The van der Waals surface area contributed by atoms with Crippen molar-refractivity contribution in [2.24, 2.45) is 0 Å². The van der Waals surface area contributed by atoms with E-state index in [0.717, 1.165) is 24.0 Å². The monoisotopic (exact) mass is 620 g/mol. The maximum Gasteiger partial charge on any atom is 0.338 e. The van der Waals surface area contributed by atoms with Crippen LogP contribution >= 0.6 is 11.8 Å². The molecule has 0 bridgehead atoms. The SMILES string of the molecule is CCCCCCCCCCCCCCCCCC(=O)OCCSCCOC(=O)c1ccc(O)c(C(C)(C)C)c1C(C)(C)C. The molecule has 1 aromatic rings. The van der Waals surface area contributed by atoms with Crippen molar-refractivity contribution in [1.82, 2.24) is 0 Å². The minimum Gasteiger partial charge on any atom is -0.508 e. The van der Waals surface area contributed by atoms with Gasteiger partial charge in [0, 0.05) is 23.5 Å². The molecule has 0 spiro atoms. The predicted octanol–water partition coefficient (Wildman–Crippen LogP) is 10.7. The summed E-state index contributed by atoms with van der Waals surface area (Å²) in [7, 11) is 0. The molecule has 5 nitrogen and oxygen atoms in total. The van der Waals surface area contributed by atoms with Gasteiger partial charge in [0.25, 0.3) is 0 Å². The molecule has 6 heteroatoms. The molecule has 1 rings (SSSR count). The third-order valence-electron chi connectivity index (χ3n) is 7.84. The summed E-state index contributed by atoms with van der Waals surface area (Å²) >= 11 is 1.61. The van der Waals surface area contributed by atoms with Gasteiger partial charge in [-0.25, -0.2) is 4.79 Å². The molecule has 0 atom stereocenters. The third kappa shape index (κ3) is 17.4. The van der Waals surface area contributed by atoms with Gasteiger partial charge in [-0.2, -0.15) is 11.8 Å². The predicted molar refractivity (Wildman–Crippen MR) is 184 cm³/mol. The quantitative estimate of drug-likeness (QED) is 0.0969. The maximum absolute atomic E-state index is 13.0. The largest absolute Gasteiger partial charge is 0.508 e. The number of hydrogen-bond acceptors (Lipinski definition) is 6. The van der Waals surface area contributed by atoms with Crippen LogP contribution in [0.2, 0.25) is 0 Å². The van der Waals surface area contributed by atoms with E-state index < -0.39 is 0 Å². The first-order valence-corrected chi connectivity index (χ1v) is 18.3. The van der Waals surface area contributed by atoms with Crippen molar-refractivity contribution in [1.29, 1.82) is 0 Å².